The Bertz CT molecular complexity index is 410. The highest BCUT2D eigenvalue weighted by Gasteiger charge is 2.24. The maximum atomic E-state index is 8.92. The van der Waals surface area contributed by atoms with Crippen LogP contribution in [0, 0.1) is 34.5 Å². The van der Waals surface area contributed by atoms with E-state index < -0.39 is 0 Å². The van der Waals surface area contributed by atoms with Crippen molar-refractivity contribution in [2.24, 2.45) is 11.8 Å². The van der Waals surface area contributed by atoms with E-state index >= 15 is 0 Å². The highest BCUT2D eigenvalue weighted by Crippen LogP contribution is 2.29. The first-order valence-corrected chi connectivity index (χ1v) is 7.08. The number of allylic oxidation sites excluding steroid dienone is 2. The molecule has 4 heteroatoms. The molecule has 0 aromatic heterocycles. The first-order valence-electron chi connectivity index (χ1n) is 7.08. The van der Waals surface area contributed by atoms with Crippen molar-refractivity contribution >= 4 is 0 Å². The Balaban J connectivity index is 1.84. The van der Waals surface area contributed by atoms with Crippen molar-refractivity contribution in [1.82, 2.24) is 4.90 Å². The smallest absolute Gasteiger partial charge is 0.148 e. The fourth-order valence-electron chi connectivity index (χ4n) is 2.54. The molecule has 0 aromatic carbocycles. The standard InChI is InChI=1S/C15H21N3O/c1-12(15(7-16)8-17)18-6-2-3-14(9-18)11-19-10-13-4-5-13/h13-14H,2-6,9-11H2,1H3/t14-/m0/s1. The monoisotopic (exact) mass is 259 g/mol. The molecule has 0 bridgehead atoms. The van der Waals surface area contributed by atoms with E-state index in [0.717, 1.165) is 44.3 Å². The van der Waals surface area contributed by atoms with Gasteiger partial charge in [-0.2, -0.15) is 10.5 Å². The number of likely N-dealkylation sites (tertiary alicyclic amines) is 1. The fraction of sp³-hybridized carbons (Fsp3) is 0.733. The Morgan fingerprint density at radius 2 is 1.84 bits per heavy atom. The molecule has 0 amide bonds. The first-order chi connectivity index (χ1) is 9.24. The van der Waals surface area contributed by atoms with Crippen LogP contribution < -0.4 is 0 Å². The summed E-state index contributed by atoms with van der Waals surface area (Å²) in [6.45, 7) is 5.44. The molecule has 4 nitrogen and oxygen atoms in total. The molecule has 1 saturated heterocycles. The van der Waals surface area contributed by atoms with Crippen molar-refractivity contribution in [3.05, 3.63) is 11.3 Å². The van der Waals surface area contributed by atoms with Gasteiger partial charge in [-0.3, -0.25) is 0 Å². The minimum Gasteiger partial charge on any atom is -0.381 e. The lowest BCUT2D eigenvalue weighted by atomic mass is 9.98. The second-order valence-electron chi connectivity index (χ2n) is 5.62. The van der Waals surface area contributed by atoms with Crippen LogP contribution in [0.5, 0.6) is 0 Å². The van der Waals surface area contributed by atoms with Gasteiger partial charge in [0.1, 0.15) is 17.7 Å². The van der Waals surface area contributed by atoms with Gasteiger partial charge in [0.2, 0.25) is 0 Å². The molecule has 19 heavy (non-hydrogen) atoms. The average Bonchev–Trinajstić information content (AvgIpc) is 3.24. The molecule has 0 spiro atoms. The molecule has 0 radical (unpaired) electrons. The Labute approximate surface area is 115 Å². The van der Waals surface area contributed by atoms with Crippen molar-refractivity contribution in [2.45, 2.75) is 32.6 Å². The molecule has 1 saturated carbocycles. The number of hydrogen-bond donors (Lipinski definition) is 0. The minimum atomic E-state index is 0.236. The lowest BCUT2D eigenvalue weighted by Crippen LogP contribution is -2.36. The van der Waals surface area contributed by atoms with E-state index in [2.05, 4.69) is 4.90 Å². The van der Waals surface area contributed by atoms with Gasteiger partial charge in [-0.25, -0.2) is 0 Å². The molecule has 1 aliphatic carbocycles. The molecule has 2 rings (SSSR count). The lowest BCUT2D eigenvalue weighted by Gasteiger charge is -2.34. The molecule has 1 heterocycles. The van der Waals surface area contributed by atoms with E-state index in [1.165, 1.54) is 19.3 Å². The van der Waals surface area contributed by atoms with Crippen LogP contribution >= 0.6 is 0 Å². The van der Waals surface area contributed by atoms with Gasteiger partial charge in [0.05, 0.1) is 6.61 Å². The van der Waals surface area contributed by atoms with Gasteiger partial charge in [0, 0.05) is 25.4 Å². The summed E-state index contributed by atoms with van der Waals surface area (Å²) in [4.78, 5) is 2.16. The quantitative estimate of drug-likeness (QED) is 0.711. The maximum absolute atomic E-state index is 8.92. The van der Waals surface area contributed by atoms with Gasteiger partial charge in [0.15, 0.2) is 0 Å². The summed E-state index contributed by atoms with van der Waals surface area (Å²) in [5, 5.41) is 17.8. The van der Waals surface area contributed by atoms with E-state index in [1.807, 2.05) is 19.1 Å². The zero-order valence-corrected chi connectivity index (χ0v) is 11.6. The van der Waals surface area contributed by atoms with Gasteiger partial charge in [-0.1, -0.05) is 0 Å². The summed E-state index contributed by atoms with van der Waals surface area (Å²) in [6, 6.07) is 3.95. The molecule has 1 atom stereocenters. The molecule has 2 aliphatic rings. The number of ether oxygens (including phenoxy) is 1. The number of piperidine rings is 1. The van der Waals surface area contributed by atoms with E-state index in [-0.39, 0.29) is 5.57 Å². The second-order valence-corrected chi connectivity index (χ2v) is 5.62. The zero-order chi connectivity index (χ0) is 13.7. The number of nitriles is 2. The highest BCUT2D eigenvalue weighted by atomic mass is 16.5. The second kappa shape index (κ2) is 6.59. The first kappa shape index (κ1) is 13.9. The predicted octanol–water partition coefficient (Wildman–Crippen LogP) is 2.45. The molecule has 1 aliphatic heterocycles. The van der Waals surface area contributed by atoms with E-state index in [4.69, 9.17) is 15.3 Å². The van der Waals surface area contributed by atoms with Gasteiger partial charge in [-0.05, 0) is 44.4 Å². The third-order valence-corrected chi connectivity index (χ3v) is 3.98. The van der Waals surface area contributed by atoms with Gasteiger partial charge in [-0.15, -0.1) is 0 Å². The normalized spacial score (nSPS) is 22.5. The van der Waals surface area contributed by atoms with Crippen LogP contribution in [-0.4, -0.2) is 31.2 Å². The van der Waals surface area contributed by atoms with E-state index in [9.17, 15) is 0 Å². The van der Waals surface area contributed by atoms with Crippen LogP contribution in [0.1, 0.15) is 32.6 Å². The molecule has 2 fully saturated rings. The van der Waals surface area contributed by atoms with Gasteiger partial charge >= 0.3 is 0 Å². The fourth-order valence-corrected chi connectivity index (χ4v) is 2.54. The third kappa shape index (κ3) is 3.98. The summed E-state index contributed by atoms with van der Waals surface area (Å²) >= 11 is 0. The van der Waals surface area contributed by atoms with Crippen molar-refractivity contribution < 1.29 is 4.74 Å². The zero-order valence-electron chi connectivity index (χ0n) is 11.6. The minimum absolute atomic E-state index is 0.236. The number of rotatable bonds is 5. The number of hydrogen-bond acceptors (Lipinski definition) is 4. The molecule has 0 unspecified atom stereocenters. The van der Waals surface area contributed by atoms with Crippen LogP contribution in [-0.2, 0) is 4.74 Å². The molecule has 102 valence electrons. The maximum Gasteiger partial charge on any atom is 0.148 e. The Morgan fingerprint density at radius 3 is 2.47 bits per heavy atom. The van der Waals surface area contributed by atoms with Crippen LogP contribution in [0.3, 0.4) is 0 Å². The Hall–Kier alpha value is -1.52. The molecular weight excluding hydrogens is 238 g/mol. The van der Waals surface area contributed by atoms with Crippen molar-refractivity contribution in [2.75, 3.05) is 26.3 Å². The summed E-state index contributed by atoms with van der Waals surface area (Å²) in [5.74, 6) is 1.34. The van der Waals surface area contributed by atoms with Crippen LogP contribution in [0.15, 0.2) is 11.3 Å². The van der Waals surface area contributed by atoms with Crippen molar-refractivity contribution in [1.29, 1.82) is 10.5 Å². The van der Waals surface area contributed by atoms with Crippen LogP contribution in [0.2, 0.25) is 0 Å². The van der Waals surface area contributed by atoms with Crippen LogP contribution in [0.4, 0.5) is 0 Å². The largest absolute Gasteiger partial charge is 0.381 e. The molecule has 0 N–H and O–H groups in total. The summed E-state index contributed by atoms with van der Waals surface area (Å²) in [7, 11) is 0. The Morgan fingerprint density at radius 1 is 1.16 bits per heavy atom. The van der Waals surface area contributed by atoms with Gasteiger partial charge in [0.25, 0.3) is 0 Å². The average molecular weight is 259 g/mol. The summed E-state index contributed by atoms with van der Waals surface area (Å²) in [6.07, 6.45) is 4.94. The SMILES string of the molecule is CC(=C(C#N)C#N)N1CCC[C@H](COCC2CC2)C1. The van der Waals surface area contributed by atoms with E-state index in [1.54, 1.807) is 0 Å². The van der Waals surface area contributed by atoms with Crippen molar-refractivity contribution in [3.8, 4) is 12.1 Å². The van der Waals surface area contributed by atoms with Crippen molar-refractivity contribution in [3.63, 3.8) is 0 Å². The van der Waals surface area contributed by atoms with Crippen LogP contribution in [0.25, 0.3) is 0 Å². The third-order valence-electron chi connectivity index (χ3n) is 3.98. The molecular formula is C15H21N3O. The van der Waals surface area contributed by atoms with E-state index in [0.29, 0.717) is 5.92 Å². The molecule has 0 aromatic rings. The Kier molecular flexibility index (Phi) is 4.82. The lowest BCUT2D eigenvalue weighted by molar-refractivity contribution is 0.0632. The summed E-state index contributed by atoms with van der Waals surface area (Å²) in [5.41, 5.74) is 1.05. The summed E-state index contributed by atoms with van der Waals surface area (Å²) < 4.78 is 5.77. The number of nitrogens with zero attached hydrogens (tertiary/aromatic N) is 3. The highest BCUT2D eigenvalue weighted by molar-refractivity contribution is 5.38. The van der Waals surface area contributed by atoms with Gasteiger partial charge < -0.3 is 9.64 Å². The topological polar surface area (TPSA) is 60.0 Å². The predicted molar refractivity (Wildman–Crippen MR) is 71.8 cm³/mol.